The molecule has 214 valence electrons. The fraction of sp³-hybridized carbons (Fsp3) is 0.792. The number of carbonyl (C=O) groups is 5. The van der Waals surface area contributed by atoms with Gasteiger partial charge in [-0.05, 0) is 19.3 Å². The molecule has 37 heavy (non-hydrogen) atoms. The van der Waals surface area contributed by atoms with Gasteiger partial charge in [-0.15, -0.1) is 0 Å². The van der Waals surface area contributed by atoms with Gasteiger partial charge in [0.15, 0.2) is 0 Å². The third kappa shape index (κ3) is 24.8. The standard InChI is InChI=1S/C24H42N2O11/c27-11-5-6-20(24(32)33)26-22(29)9-12-34-14-16-36-18-19-37-17-15-35-13-10-25-21(28)7-3-1-2-4-8-23(30)31/h11,20H,1-10,12-19H2,(H,25,28)(H,26,29)(H,30,31)(H,32,33)/t20-/m0/s1. The van der Waals surface area contributed by atoms with Crippen molar-refractivity contribution in [3.8, 4) is 0 Å². The van der Waals surface area contributed by atoms with Crippen LogP contribution in [-0.2, 0) is 42.9 Å². The predicted octanol–water partition coefficient (Wildman–Crippen LogP) is 0.533. The lowest BCUT2D eigenvalue weighted by molar-refractivity contribution is -0.142. The second kappa shape index (κ2) is 25.1. The maximum atomic E-state index is 11.7. The zero-order valence-corrected chi connectivity index (χ0v) is 21.5. The van der Waals surface area contributed by atoms with Crippen LogP contribution in [0.25, 0.3) is 0 Å². The average Bonchev–Trinajstić information content (AvgIpc) is 2.85. The maximum absolute atomic E-state index is 11.7. The number of nitrogens with one attached hydrogen (secondary N) is 2. The van der Waals surface area contributed by atoms with Crippen molar-refractivity contribution in [1.29, 1.82) is 0 Å². The first kappa shape index (κ1) is 34.4. The molecule has 0 fully saturated rings. The summed E-state index contributed by atoms with van der Waals surface area (Å²) < 4.78 is 21.4. The smallest absolute Gasteiger partial charge is 0.326 e. The Hall–Kier alpha value is -2.61. The molecule has 0 heterocycles. The van der Waals surface area contributed by atoms with E-state index in [1.807, 2.05) is 0 Å². The quantitative estimate of drug-likeness (QED) is 0.0850. The van der Waals surface area contributed by atoms with Gasteiger partial charge >= 0.3 is 11.9 Å². The van der Waals surface area contributed by atoms with E-state index in [9.17, 15) is 24.0 Å². The van der Waals surface area contributed by atoms with Crippen LogP contribution < -0.4 is 10.6 Å². The summed E-state index contributed by atoms with van der Waals surface area (Å²) >= 11 is 0. The lowest BCUT2D eigenvalue weighted by atomic mass is 10.1. The van der Waals surface area contributed by atoms with Gasteiger partial charge in [0.25, 0.3) is 0 Å². The van der Waals surface area contributed by atoms with E-state index < -0.39 is 23.9 Å². The number of hydrogen-bond donors (Lipinski definition) is 4. The molecule has 0 rings (SSSR count). The second-order valence-electron chi connectivity index (χ2n) is 8.06. The van der Waals surface area contributed by atoms with E-state index in [2.05, 4.69) is 10.6 Å². The maximum Gasteiger partial charge on any atom is 0.326 e. The molecule has 0 aromatic carbocycles. The number of carboxylic acid groups (broad SMARTS) is 2. The Morgan fingerprint density at radius 3 is 1.76 bits per heavy atom. The molecule has 0 aliphatic carbocycles. The Morgan fingerprint density at radius 1 is 0.676 bits per heavy atom. The number of carboxylic acids is 2. The Labute approximate surface area is 217 Å². The van der Waals surface area contributed by atoms with Gasteiger partial charge in [-0.3, -0.25) is 14.4 Å². The van der Waals surface area contributed by atoms with Crippen LogP contribution in [-0.4, -0.2) is 106 Å². The molecule has 13 nitrogen and oxygen atoms in total. The van der Waals surface area contributed by atoms with Crippen molar-refractivity contribution < 1.29 is 53.1 Å². The van der Waals surface area contributed by atoms with Crippen LogP contribution >= 0.6 is 0 Å². The minimum absolute atomic E-state index is 0.00778. The first-order chi connectivity index (χ1) is 17.9. The molecule has 13 heteroatoms. The predicted molar refractivity (Wildman–Crippen MR) is 131 cm³/mol. The van der Waals surface area contributed by atoms with E-state index in [0.717, 1.165) is 19.3 Å². The van der Waals surface area contributed by atoms with Gasteiger partial charge in [0, 0.05) is 32.2 Å². The fourth-order valence-corrected chi connectivity index (χ4v) is 2.95. The fourth-order valence-electron chi connectivity index (χ4n) is 2.95. The molecule has 0 aromatic rings. The lowest BCUT2D eigenvalue weighted by Gasteiger charge is -2.13. The van der Waals surface area contributed by atoms with Crippen LogP contribution in [0.15, 0.2) is 0 Å². The summed E-state index contributed by atoms with van der Waals surface area (Å²) in [6, 6.07) is -1.09. The molecule has 0 bridgehead atoms. The molecular formula is C24H42N2O11. The van der Waals surface area contributed by atoms with Gasteiger partial charge in [-0.2, -0.15) is 0 Å². The minimum atomic E-state index is -1.18. The average molecular weight is 535 g/mol. The molecule has 0 aliphatic heterocycles. The van der Waals surface area contributed by atoms with E-state index in [4.69, 9.17) is 29.2 Å². The number of aliphatic carboxylic acids is 2. The van der Waals surface area contributed by atoms with Crippen molar-refractivity contribution in [1.82, 2.24) is 10.6 Å². The van der Waals surface area contributed by atoms with Crippen molar-refractivity contribution in [2.24, 2.45) is 0 Å². The first-order valence-corrected chi connectivity index (χ1v) is 12.6. The van der Waals surface area contributed by atoms with Gasteiger partial charge in [0.1, 0.15) is 12.3 Å². The number of aldehydes is 1. The molecule has 1 atom stereocenters. The normalized spacial score (nSPS) is 11.6. The largest absolute Gasteiger partial charge is 0.481 e. The topological polar surface area (TPSA) is 187 Å². The summed E-state index contributed by atoms with van der Waals surface area (Å²) in [5.41, 5.74) is 0. The molecule has 0 radical (unpaired) electrons. The van der Waals surface area contributed by atoms with E-state index >= 15 is 0 Å². The summed E-state index contributed by atoms with van der Waals surface area (Å²) in [5, 5.41) is 22.7. The van der Waals surface area contributed by atoms with Crippen LogP contribution in [0.3, 0.4) is 0 Å². The number of unbranched alkanes of at least 4 members (excludes halogenated alkanes) is 3. The zero-order valence-electron chi connectivity index (χ0n) is 21.5. The van der Waals surface area contributed by atoms with Gasteiger partial charge in [-0.1, -0.05) is 12.8 Å². The number of amides is 2. The summed E-state index contributed by atoms with van der Waals surface area (Å²) in [7, 11) is 0. The summed E-state index contributed by atoms with van der Waals surface area (Å²) in [6.07, 6.45) is 4.35. The molecule has 0 aromatic heterocycles. The third-order valence-electron chi connectivity index (χ3n) is 4.91. The Bertz CT molecular complexity index is 646. The monoisotopic (exact) mass is 534 g/mol. The van der Waals surface area contributed by atoms with Gasteiger partial charge in [0.2, 0.25) is 11.8 Å². The van der Waals surface area contributed by atoms with Crippen molar-refractivity contribution in [3.05, 3.63) is 0 Å². The van der Waals surface area contributed by atoms with Crippen molar-refractivity contribution in [3.63, 3.8) is 0 Å². The highest BCUT2D eigenvalue weighted by atomic mass is 16.6. The first-order valence-electron chi connectivity index (χ1n) is 12.6. The Balaban J connectivity index is 3.37. The van der Waals surface area contributed by atoms with Crippen LogP contribution in [0.1, 0.15) is 57.8 Å². The van der Waals surface area contributed by atoms with Crippen molar-refractivity contribution in [2.75, 3.05) is 59.4 Å². The van der Waals surface area contributed by atoms with Crippen molar-refractivity contribution in [2.45, 2.75) is 63.8 Å². The van der Waals surface area contributed by atoms with Gasteiger partial charge in [-0.25, -0.2) is 4.79 Å². The molecule has 2 amide bonds. The highest BCUT2D eigenvalue weighted by Crippen LogP contribution is 2.05. The molecule has 0 saturated heterocycles. The zero-order chi connectivity index (χ0) is 27.6. The highest BCUT2D eigenvalue weighted by Gasteiger charge is 2.18. The Kier molecular flexibility index (Phi) is 23.3. The Morgan fingerprint density at radius 2 is 1.22 bits per heavy atom. The summed E-state index contributed by atoms with van der Waals surface area (Å²) in [6.45, 7) is 3.06. The molecule has 0 spiro atoms. The van der Waals surface area contributed by atoms with Gasteiger partial charge < -0.3 is 44.6 Å². The highest BCUT2D eigenvalue weighted by molar-refractivity contribution is 5.83. The number of hydrogen-bond acceptors (Lipinski definition) is 9. The van der Waals surface area contributed by atoms with E-state index in [-0.39, 0.29) is 44.8 Å². The molecule has 4 N–H and O–H groups in total. The third-order valence-corrected chi connectivity index (χ3v) is 4.91. The van der Waals surface area contributed by atoms with Crippen molar-refractivity contribution >= 4 is 30.0 Å². The molecule has 0 saturated carbocycles. The molecular weight excluding hydrogens is 492 g/mol. The molecule has 0 aliphatic rings. The number of rotatable bonds is 27. The van der Waals surface area contributed by atoms with Crippen LogP contribution in [0.5, 0.6) is 0 Å². The number of carbonyl (C=O) groups excluding carboxylic acids is 3. The summed E-state index contributed by atoms with van der Waals surface area (Å²) in [4.78, 5) is 55.1. The van der Waals surface area contributed by atoms with E-state index in [1.54, 1.807) is 0 Å². The van der Waals surface area contributed by atoms with E-state index in [1.165, 1.54) is 0 Å². The van der Waals surface area contributed by atoms with Crippen LogP contribution in [0, 0.1) is 0 Å². The van der Waals surface area contributed by atoms with E-state index in [0.29, 0.717) is 65.3 Å². The number of ether oxygens (including phenoxy) is 4. The van der Waals surface area contributed by atoms with Crippen LogP contribution in [0.4, 0.5) is 0 Å². The summed E-state index contributed by atoms with van der Waals surface area (Å²) in [5.74, 6) is -2.47. The SMILES string of the molecule is O=CCC[C@H](NC(=O)CCOCCOCCOCCOCCNC(=O)CCCCCCC(=O)O)C(=O)O. The second-order valence-corrected chi connectivity index (χ2v) is 8.06. The van der Waals surface area contributed by atoms with Gasteiger partial charge in [0.05, 0.1) is 52.9 Å². The minimum Gasteiger partial charge on any atom is -0.481 e. The molecule has 0 unspecified atom stereocenters. The lowest BCUT2D eigenvalue weighted by Crippen LogP contribution is -2.41. The van der Waals surface area contributed by atoms with Crippen LogP contribution in [0.2, 0.25) is 0 Å².